The summed E-state index contributed by atoms with van der Waals surface area (Å²) in [4.78, 5) is 26.0. The number of carbonyl (C=O) groups excluding carboxylic acids is 2. The third-order valence-corrected chi connectivity index (χ3v) is 9.18. The molecule has 0 fully saturated rings. The molecule has 0 aromatic heterocycles. The Morgan fingerprint density at radius 2 is 1.10 bits per heavy atom. The van der Waals surface area contributed by atoms with Gasteiger partial charge < -0.3 is 30.4 Å². The van der Waals surface area contributed by atoms with E-state index in [-0.39, 0.29) is 24.4 Å². The number of rotatable bonds is 11. The van der Waals surface area contributed by atoms with Gasteiger partial charge in [-0.2, -0.15) is 0 Å². The average molecular weight is 1020 g/mol. The number of ether oxygens (including phenoxy) is 4. The normalized spacial score (nSPS) is 10.7. The largest absolute Gasteiger partial charge is 0.495 e. The van der Waals surface area contributed by atoms with Crippen molar-refractivity contribution in [1.82, 2.24) is 0 Å². The second kappa shape index (κ2) is 14.6. The molecular formula is C30H24I4N2O6. The van der Waals surface area contributed by atoms with Crippen LogP contribution in [0.4, 0.5) is 11.4 Å². The molecule has 0 saturated carbocycles. The fraction of sp³-hybridized carbons (Fsp3) is 0.133. The number of methoxy groups -OCH3 is 2. The Morgan fingerprint density at radius 3 is 1.50 bits per heavy atom. The van der Waals surface area contributed by atoms with E-state index >= 15 is 0 Å². The summed E-state index contributed by atoms with van der Waals surface area (Å²) in [7, 11) is 3.10. The van der Waals surface area contributed by atoms with Crippen LogP contribution >= 0.6 is 90.4 Å². The molecule has 0 spiro atoms. The minimum Gasteiger partial charge on any atom is -0.495 e. The lowest BCUT2D eigenvalue weighted by Crippen LogP contribution is -2.12. The fourth-order valence-corrected chi connectivity index (χ4v) is 8.09. The van der Waals surface area contributed by atoms with E-state index in [0.717, 1.165) is 19.8 Å². The van der Waals surface area contributed by atoms with Crippen molar-refractivity contribution in [3.63, 3.8) is 0 Å². The van der Waals surface area contributed by atoms with Crippen LogP contribution in [-0.4, -0.2) is 25.8 Å². The van der Waals surface area contributed by atoms with E-state index in [2.05, 4.69) is 90.4 Å². The highest BCUT2D eigenvalue weighted by molar-refractivity contribution is 14.1. The molecule has 0 aliphatic heterocycles. The molecule has 0 radical (unpaired) electrons. The van der Waals surface area contributed by atoms with Crippen LogP contribution < -0.4 is 30.4 Å². The van der Waals surface area contributed by atoms with Crippen molar-refractivity contribution in [2.75, 3.05) is 25.7 Å². The van der Waals surface area contributed by atoms with E-state index in [1.165, 1.54) is 0 Å². The molecule has 0 aliphatic carbocycles. The second-order valence-electron chi connectivity index (χ2n) is 8.98. The quantitative estimate of drug-likeness (QED) is 0.0667. The van der Waals surface area contributed by atoms with Crippen LogP contribution in [0, 0.1) is 14.3 Å². The van der Waals surface area contributed by atoms with Crippen LogP contribution in [-0.2, 0) is 11.2 Å². The highest BCUT2D eigenvalue weighted by Gasteiger charge is 2.19. The van der Waals surface area contributed by atoms with Gasteiger partial charge in [-0.15, -0.1) is 0 Å². The van der Waals surface area contributed by atoms with E-state index in [4.69, 9.17) is 30.4 Å². The summed E-state index contributed by atoms with van der Waals surface area (Å²) in [6.07, 6.45) is -0.0836. The molecule has 4 aromatic carbocycles. The first kappa shape index (κ1) is 32.8. The summed E-state index contributed by atoms with van der Waals surface area (Å²) >= 11 is 8.59. The number of carbonyl (C=O) groups is 2. The zero-order valence-electron chi connectivity index (χ0n) is 22.3. The number of anilines is 2. The van der Waals surface area contributed by atoms with Crippen LogP contribution in [0.15, 0.2) is 60.7 Å². The van der Waals surface area contributed by atoms with Crippen molar-refractivity contribution in [2.45, 2.75) is 12.8 Å². The van der Waals surface area contributed by atoms with Crippen molar-refractivity contribution >= 4 is 113 Å². The topological polar surface area (TPSA) is 123 Å². The van der Waals surface area contributed by atoms with Crippen LogP contribution in [0.25, 0.3) is 0 Å². The summed E-state index contributed by atoms with van der Waals surface area (Å²) in [5, 5.41) is 0. The predicted octanol–water partition coefficient (Wildman–Crippen LogP) is 8.26. The van der Waals surface area contributed by atoms with E-state index in [9.17, 15) is 9.59 Å². The van der Waals surface area contributed by atoms with Gasteiger partial charge >= 0.3 is 0 Å². The molecule has 0 atom stereocenters. The Labute approximate surface area is 297 Å². The maximum Gasteiger partial charge on any atom is 0.170 e. The van der Waals surface area contributed by atoms with Gasteiger partial charge in [0.25, 0.3) is 0 Å². The molecule has 0 heterocycles. The third-order valence-electron chi connectivity index (χ3n) is 5.98. The lowest BCUT2D eigenvalue weighted by Gasteiger charge is -2.14. The number of hydrogen-bond acceptors (Lipinski definition) is 8. The third kappa shape index (κ3) is 8.10. The highest BCUT2D eigenvalue weighted by Crippen LogP contribution is 2.37. The first-order valence-electron chi connectivity index (χ1n) is 12.2. The van der Waals surface area contributed by atoms with Crippen molar-refractivity contribution in [3.05, 3.63) is 86.1 Å². The van der Waals surface area contributed by atoms with E-state index < -0.39 is 0 Å². The van der Waals surface area contributed by atoms with Gasteiger partial charge in [-0.05, 0) is 144 Å². The summed E-state index contributed by atoms with van der Waals surface area (Å²) in [5.41, 5.74) is 14.2. The number of Topliss-reactive ketones (excluding diaryl/α,β-unsaturated/α-hetero) is 2. The lowest BCUT2D eigenvalue weighted by molar-refractivity contribution is -0.117. The molecule has 12 heteroatoms. The molecular weight excluding hydrogens is 992 g/mol. The number of halogens is 4. The molecule has 0 saturated heterocycles. The van der Waals surface area contributed by atoms with Gasteiger partial charge in [-0.3, -0.25) is 9.59 Å². The van der Waals surface area contributed by atoms with Crippen LogP contribution in [0.2, 0.25) is 0 Å². The SMILES string of the molecule is COc1ccc(Oc2c(I)cc(CC(=O)CC(=O)c3cc(I)c(Oc4ccc(OC)c(N)c4)c(I)c3)cc2I)cc1N. The van der Waals surface area contributed by atoms with Gasteiger partial charge in [0, 0.05) is 24.1 Å². The van der Waals surface area contributed by atoms with Crippen molar-refractivity contribution in [3.8, 4) is 34.5 Å². The molecule has 4 aromatic rings. The first-order chi connectivity index (χ1) is 20.0. The summed E-state index contributed by atoms with van der Waals surface area (Å²) in [6.45, 7) is 0. The number of hydrogen-bond donors (Lipinski definition) is 2. The van der Waals surface area contributed by atoms with Crippen molar-refractivity contribution in [1.29, 1.82) is 0 Å². The Kier molecular flexibility index (Phi) is 11.4. The van der Waals surface area contributed by atoms with Crippen molar-refractivity contribution < 1.29 is 28.5 Å². The molecule has 0 bridgehead atoms. The Balaban J connectivity index is 1.42. The van der Waals surface area contributed by atoms with E-state index in [1.54, 1.807) is 62.8 Å². The zero-order chi connectivity index (χ0) is 30.6. The van der Waals surface area contributed by atoms with Gasteiger partial charge in [0.05, 0.1) is 46.3 Å². The highest BCUT2D eigenvalue weighted by atomic mass is 127. The number of ketones is 2. The Hall–Kier alpha value is -2.06. The lowest BCUT2D eigenvalue weighted by atomic mass is 10.0. The Bertz CT molecular complexity index is 1630. The van der Waals surface area contributed by atoms with Gasteiger partial charge in [0.2, 0.25) is 0 Å². The van der Waals surface area contributed by atoms with E-state index in [1.807, 2.05) is 12.1 Å². The monoisotopic (exact) mass is 1020 g/mol. The number of nitrogen functional groups attached to an aromatic ring is 2. The molecule has 0 amide bonds. The summed E-state index contributed by atoms with van der Waals surface area (Å²) in [6, 6.07) is 17.6. The molecule has 4 N–H and O–H groups in total. The van der Waals surface area contributed by atoms with Gasteiger partial charge in [0.1, 0.15) is 28.8 Å². The second-order valence-corrected chi connectivity index (χ2v) is 13.6. The maximum absolute atomic E-state index is 13.1. The maximum atomic E-state index is 13.1. The molecule has 218 valence electrons. The Morgan fingerprint density at radius 1 is 0.667 bits per heavy atom. The van der Waals surface area contributed by atoms with Crippen LogP contribution in [0.5, 0.6) is 34.5 Å². The van der Waals surface area contributed by atoms with Crippen LogP contribution in [0.3, 0.4) is 0 Å². The smallest absolute Gasteiger partial charge is 0.170 e. The molecule has 0 unspecified atom stereocenters. The zero-order valence-corrected chi connectivity index (χ0v) is 30.9. The van der Waals surface area contributed by atoms with Gasteiger partial charge in [-0.1, -0.05) is 0 Å². The number of benzene rings is 4. The van der Waals surface area contributed by atoms with Gasteiger partial charge in [0.15, 0.2) is 17.3 Å². The molecule has 42 heavy (non-hydrogen) atoms. The molecule has 4 rings (SSSR count). The summed E-state index contributed by atoms with van der Waals surface area (Å²) in [5.74, 6) is 3.09. The standard InChI is InChI=1S/C30H24I4N2O6/c1-39-27-5-3-18(13-24(27)35)41-29-20(31)8-15(9-21(29)32)7-17(37)12-26(38)16-10-22(33)30(23(34)11-16)42-19-4-6-28(40-2)25(36)14-19/h3-6,8-11,13-14H,7,12,35-36H2,1-2H3. The minimum atomic E-state index is -0.252. The van der Waals surface area contributed by atoms with Gasteiger partial charge in [-0.25, -0.2) is 0 Å². The predicted molar refractivity (Wildman–Crippen MR) is 196 cm³/mol. The number of nitrogens with two attached hydrogens (primary N) is 2. The fourth-order valence-electron chi connectivity index (χ4n) is 3.99. The van der Waals surface area contributed by atoms with E-state index in [0.29, 0.717) is 51.4 Å². The minimum absolute atomic E-state index is 0.127. The first-order valence-corrected chi connectivity index (χ1v) is 16.5. The average Bonchev–Trinajstić information content (AvgIpc) is 2.92. The van der Waals surface area contributed by atoms with Crippen LogP contribution in [0.1, 0.15) is 22.3 Å². The molecule has 8 nitrogen and oxygen atoms in total. The van der Waals surface area contributed by atoms with Crippen molar-refractivity contribution in [2.24, 2.45) is 0 Å². The molecule has 0 aliphatic rings. The summed E-state index contributed by atoms with van der Waals surface area (Å²) < 4.78 is 25.7.